The average Bonchev–Trinajstić information content (AvgIpc) is 2.22. The molecule has 0 unspecified atom stereocenters. The Hall–Kier alpha value is -2.25. The normalized spacial score (nSPS) is 11.4. The van der Waals surface area contributed by atoms with Gasteiger partial charge in [0.2, 0.25) is 11.9 Å². The molecule has 0 aliphatic carbocycles. The Morgan fingerprint density at radius 1 is 1.05 bits per heavy atom. The van der Waals surface area contributed by atoms with Crippen LogP contribution in [0.15, 0.2) is 20.4 Å². The van der Waals surface area contributed by atoms with Gasteiger partial charge in [0.25, 0.3) is 0 Å². The Labute approximate surface area is 115 Å². The largest absolute Gasteiger partial charge is 0.394 e. The van der Waals surface area contributed by atoms with E-state index in [4.69, 9.17) is 40.5 Å². The van der Waals surface area contributed by atoms with Crippen LogP contribution in [0.4, 0.5) is 0 Å². The molecule has 0 saturated carbocycles. The Bertz CT molecular complexity index is 479. The van der Waals surface area contributed by atoms with Crippen molar-refractivity contribution in [3.8, 4) is 0 Å². The van der Waals surface area contributed by atoms with Gasteiger partial charge in [-0.05, 0) is 6.42 Å². The fraction of sp³-hybridized carbons (Fsp3) is 0.429. The van der Waals surface area contributed by atoms with Crippen molar-refractivity contribution in [2.24, 2.45) is 43.3 Å². The molecule has 13 heteroatoms. The third kappa shape index (κ3) is 24.8. The first-order chi connectivity index (χ1) is 9.06. The lowest BCUT2D eigenvalue weighted by Crippen LogP contribution is -2.22. The van der Waals surface area contributed by atoms with Crippen LogP contribution in [0.1, 0.15) is 19.8 Å². The highest BCUT2D eigenvalue weighted by atomic mass is 32.3. The van der Waals surface area contributed by atoms with Crippen LogP contribution in [0.5, 0.6) is 0 Å². The molecule has 0 spiro atoms. The third-order valence-corrected chi connectivity index (χ3v) is 1.18. The van der Waals surface area contributed by atoms with Gasteiger partial charge in [-0.3, -0.25) is 9.11 Å². The van der Waals surface area contributed by atoms with Gasteiger partial charge in [0, 0.05) is 0 Å². The molecule has 0 atom stereocenters. The van der Waals surface area contributed by atoms with Gasteiger partial charge in [0.15, 0.2) is 0 Å². The Morgan fingerprint density at radius 2 is 1.50 bits per heavy atom. The standard InChI is InChI=1S/C7H16N8.H2O4S/c1-2-3-5(13-15-7(10)11)4-12-14-6(8)9;1-5(2,3)4/h4H,2-3H2,1H3,(H4,8,9,14)(H4,10,11,15);(H2,1,2,3,4). The van der Waals surface area contributed by atoms with Crippen molar-refractivity contribution in [1.29, 1.82) is 0 Å². The van der Waals surface area contributed by atoms with Gasteiger partial charge in [-0.25, -0.2) is 0 Å². The summed E-state index contributed by atoms with van der Waals surface area (Å²) in [6, 6.07) is 0. The molecule has 0 rings (SSSR count). The van der Waals surface area contributed by atoms with Gasteiger partial charge in [-0.2, -0.15) is 18.6 Å². The van der Waals surface area contributed by atoms with Crippen LogP contribution in [-0.4, -0.2) is 41.4 Å². The van der Waals surface area contributed by atoms with Crippen LogP contribution >= 0.6 is 0 Å². The second kappa shape index (κ2) is 10.7. The van der Waals surface area contributed by atoms with E-state index in [0.717, 1.165) is 6.42 Å². The summed E-state index contributed by atoms with van der Waals surface area (Å²) in [5.74, 6) is -0.234. The predicted molar refractivity (Wildman–Crippen MR) is 76.6 cm³/mol. The molecule has 0 fully saturated rings. The lowest BCUT2D eigenvalue weighted by molar-refractivity contribution is 0.381. The number of guanidine groups is 2. The summed E-state index contributed by atoms with van der Waals surface area (Å²) in [5.41, 5.74) is 21.0. The lowest BCUT2D eigenvalue weighted by Gasteiger charge is -1.93. The van der Waals surface area contributed by atoms with Crippen LogP contribution < -0.4 is 22.9 Å². The van der Waals surface area contributed by atoms with E-state index in [2.05, 4.69) is 20.4 Å². The SMILES string of the molecule is CCCC(C=NN=C(N)N)=NN=C(N)N.O=S(=O)(O)O. The van der Waals surface area contributed by atoms with Crippen LogP contribution in [0.25, 0.3) is 0 Å². The minimum absolute atomic E-state index is 0.112. The van der Waals surface area contributed by atoms with Gasteiger partial charge < -0.3 is 22.9 Å². The second-order valence-electron chi connectivity index (χ2n) is 3.08. The van der Waals surface area contributed by atoms with E-state index in [-0.39, 0.29) is 11.9 Å². The summed E-state index contributed by atoms with van der Waals surface area (Å²) in [6.45, 7) is 1.99. The maximum Gasteiger partial charge on any atom is 0.394 e. The average molecular weight is 310 g/mol. The molecule has 0 aromatic rings. The van der Waals surface area contributed by atoms with Crippen molar-refractivity contribution in [2.45, 2.75) is 19.8 Å². The van der Waals surface area contributed by atoms with E-state index < -0.39 is 10.4 Å². The van der Waals surface area contributed by atoms with E-state index in [9.17, 15) is 0 Å². The molecule has 0 radical (unpaired) electrons. The highest BCUT2D eigenvalue weighted by Crippen LogP contribution is 1.91. The monoisotopic (exact) mass is 310 g/mol. The van der Waals surface area contributed by atoms with Crippen molar-refractivity contribution in [2.75, 3.05) is 0 Å². The van der Waals surface area contributed by atoms with Gasteiger partial charge in [-0.15, -0.1) is 10.2 Å². The van der Waals surface area contributed by atoms with Gasteiger partial charge in [0.1, 0.15) is 0 Å². The van der Waals surface area contributed by atoms with E-state index in [1.807, 2.05) is 6.92 Å². The first-order valence-electron chi connectivity index (χ1n) is 5.03. The zero-order chi connectivity index (χ0) is 16.2. The third-order valence-electron chi connectivity index (χ3n) is 1.18. The highest BCUT2D eigenvalue weighted by Gasteiger charge is 1.93. The number of hydrogen-bond acceptors (Lipinski definition) is 6. The molecule has 10 N–H and O–H groups in total. The minimum atomic E-state index is -4.67. The Morgan fingerprint density at radius 3 is 1.85 bits per heavy atom. The zero-order valence-electron chi connectivity index (χ0n) is 10.7. The molecular weight excluding hydrogens is 292 g/mol. The molecule has 116 valence electrons. The molecular formula is C7H18N8O4S. The molecule has 0 aliphatic rings. The molecule has 0 heterocycles. The lowest BCUT2D eigenvalue weighted by atomic mass is 10.2. The summed E-state index contributed by atoms with van der Waals surface area (Å²) < 4.78 is 31.6. The molecule has 0 amide bonds. The summed E-state index contributed by atoms with van der Waals surface area (Å²) in [4.78, 5) is 0. The van der Waals surface area contributed by atoms with Crippen LogP contribution in [-0.2, 0) is 10.4 Å². The van der Waals surface area contributed by atoms with Crippen LogP contribution in [0.2, 0.25) is 0 Å². The second-order valence-corrected chi connectivity index (χ2v) is 3.98. The van der Waals surface area contributed by atoms with Gasteiger partial charge in [-0.1, -0.05) is 13.3 Å². The first-order valence-corrected chi connectivity index (χ1v) is 6.43. The Balaban J connectivity index is 0. The van der Waals surface area contributed by atoms with Gasteiger partial charge >= 0.3 is 10.4 Å². The van der Waals surface area contributed by atoms with Crippen molar-refractivity contribution >= 4 is 34.2 Å². The minimum Gasteiger partial charge on any atom is -0.369 e. The van der Waals surface area contributed by atoms with Gasteiger partial charge in [0.05, 0.1) is 11.9 Å². The highest BCUT2D eigenvalue weighted by molar-refractivity contribution is 7.79. The van der Waals surface area contributed by atoms with Crippen LogP contribution in [0, 0.1) is 0 Å². The molecule has 0 aromatic carbocycles. The summed E-state index contributed by atoms with van der Waals surface area (Å²) >= 11 is 0. The topological polar surface area (TPSA) is 228 Å². The Kier molecular flexibility index (Phi) is 10.7. The number of nitrogens with zero attached hydrogens (tertiary/aromatic N) is 4. The number of nitrogens with two attached hydrogens (primary N) is 4. The number of rotatable bonds is 5. The molecule has 0 aliphatic heterocycles. The van der Waals surface area contributed by atoms with Crippen molar-refractivity contribution in [1.82, 2.24) is 0 Å². The fourth-order valence-corrected chi connectivity index (χ4v) is 0.681. The summed E-state index contributed by atoms with van der Waals surface area (Å²) in [5, 5.41) is 14.3. The molecule has 0 aromatic heterocycles. The molecule has 20 heavy (non-hydrogen) atoms. The van der Waals surface area contributed by atoms with Crippen molar-refractivity contribution in [3.05, 3.63) is 0 Å². The summed E-state index contributed by atoms with van der Waals surface area (Å²) in [6.07, 6.45) is 2.96. The smallest absolute Gasteiger partial charge is 0.369 e. The van der Waals surface area contributed by atoms with E-state index in [0.29, 0.717) is 12.1 Å². The zero-order valence-corrected chi connectivity index (χ0v) is 11.5. The quantitative estimate of drug-likeness (QED) is 0.144. The van der Waals surface area contributed by atoms with E-state index >= 15 is 0 Å². The van der Waals surface area contributed by atoms with Crippen LogP contribution in [0.3, 0.4) is 0 Å². The summed E-state index contributed by atoms with van der Waals surface area (Å²) in [7, 11) is -4.67. The fourth-order valence-electron chi connectivity index (χ4n) is 0.681. The predicted octanol–water partition coefficient (Wildman–Crippen LogP) is -1.98. The first kappa shape index (κ1) is 20.1. The molecule has 0 bridgehead atoms. The molecule has 12 nitrogen and oxygen atoms in total. The molecule has 0 saturated heterocycles. The van der Waals surface area contributed by atoms with E-state index in [1.165, 1.54) is 6.21 Å². The number of hydrogen-bond donors (Lipinski definition) is 6. The van der Waals surface area contributed by atoms with E-state index in [1.54, 1.807) is 0 Å². The van der Waals surface area contributed by atoms with Crippen molar-refractivity contribution < 1.29 is 17.5 Å². The van der Waals surface area contributed by atoms with Crippen molar-refractivity contribution in [3.63, 3.8) is 0 Å². The maximum atomic E-state index is 8.74. The maximum absolute atomic E-state index is 8.74.